The Kier molecular flexibility index (Phi) is 8.17. The third-order valence-electron chi connectivity index (χ3n) is 5.28. The van der Waals surface area contributed by atoms with E-state index in [0.29, 0.717) is 17.9 Å². The highest BCUT2D eigenvalue weighted by molar-refractivity contribution is 5.96. The molecule has 0 saturated carbocycles. The molecular weight excluding hydrogens is 408 g/mol. The number of nitrogens with one attached hydrogen (secondary N) is 1. The number of pyridine rings is 1. The van der Waals surface area contributed by atoms with Crippen LogP contribution in [0.5, 0.6) is 0 Å². The highest BCUT2D eigenvalue weighted by Crippen LogP contribution is 2.31. The van der Waals surface area contributed by atoms with Gasteiger partial charge in [0, 0.05) is 36.0 Å². The molecule has 170 valence electrons. The van der Waals surface area contributed by atoms with Gasteiger partial charge in [0.05, 0.1) is 0 Å². The fourth-order valence-corrected chi connectivity index (χ4v) is 3.56. The van der Waals surface area contributed by atoms with E-state index < -0.39 is 0 Å². The Balaban J connectivity index is 0.00000149. The number of aromatic nitrogens is 1. The van der Waals surface area contributed by atoms with Crippen molar-refractivity contribution in [2.75, 3.05) is 32.9 Å². The second-order valence-corrected chi connectivity index (χ2v) is 7.86. The van der Waals surface area contributed by atoms with E-state index in [-0.39, 0.29) is 5.91 Å². The molecule has 0 unspecified atom stereocenters. The fraction of sp³-hybridized carbons (Fsp3) is 0.214. The first-order valence-electron chi connectivity index (χ1n) is 11.3. The number of nitrogens with two attached hydrogens (primary N) is 1. The van der Waals surface area contributed by atoms with Gasteiger partial charge in [-0.2, -0.15) is 0 Å². The van der Waals surface area contributed by atoms with Crippen LogP contribution in [0.15, 0.2) is 79.0 Å². The van der Waals surface area contributed by atoms with Crippen molar-refractivity contribution < 1.29 is 4.79 Å². The highest BCUT2D eigenvalue weighted by atomic mass is 16.1. The summed E-state index contributed by atoms with van der Waals surface area (Å²) in [5.74, 6) is 0.401. The van der Waals surface area contributed by atoms with Crippen LogP contribution in [0.2, 0.25) is 0 Å². The van der Waals surface area contributed by atoms with Gasteiger partial charge in [0.1, 0.15) is 5.82 Å². The van der Waals surface area contributed by atoms with Crippen LogP contribution in [-0.4, -0.2) is 43.0 Å². The largest absolute Gasteiger partial charge is 0.383 e. The minimum absolute atomic E-state index is 0.0816. The van der Waals surface area contributed by atoms with Crippen molar-refractivity contribution in [3.05, 3.63) is 84.6 Å². The lowest BCUT2D eigenvalue weighted by Gasteiger charge is -2.12. The topological polar surface area (TPSA) is 71.2 Å². The minimum atomic E-state index is -0.0816. The number of nitrogens with zero attached hydrogens (tertiary/aromatic N) is 2. The molecule has 0 aliphatic heterocycles. The van der Waals surface area contributed by atoms with Gasteiger partial charge >= 0.3 is 0 Å². The number of likely N-dealkylation sites (N-methyl/N-ethyl adjacent to an activating group) is 1. The zero-order valence-electron chi connectivity index (χ0n) is 19.8. The number of fused-ring (bicyclic) bond motifs is 1. The third kappa shape index (κ3) is 5.96. The fourth-order valence-electron chi connectivity index (χ4n) is 3.56. The molecule has 0 bridgehead atoms. The molecular formula is C28H32N4O. The van der Waals surface area contributed by atoms with Crippen LogP contribution in [0.3, 0.4) is 0 Å². The van der Waals surface area contributed by atoms with Crippen LogP contribution in [0.25, 0.3) is 33.0 Å². The smallest absolute Gasteiger partial charge is 0.251 e. The van der Waals surface area contributed by atoms with Crippen LogP contribution in [-0.2, 0) is 0 Å². The standard InChI is InChI=1S/C26H26N4O.C2H6/c1-30(2)13-12-28-26(31)22-9-5-8-20(15-22)23-16-24(25(27)29-17-23)21-11-10-18-6-3-4-7-19(18)14-21;1-2/h3-11,14-17H,12-13H2,1-2H3,(H2,27,29)(H,28,31);1-2H3. The van der Waals surface area contributed by atoms with E-state index in [1.54, 1.807) is 6.20 Å². The number of benzene rings is 3. The van der Waals surface area contributed by atoms with Gasteiger partial charge in [-0.3, -0.25) is 4.79 Å². The molecule has 1 heterocycles. The second kappa shape index (κ2) is 11.2. The minimum Gasteiger partial charge on any atom is -0.383 e. The zero-order chi connectivity index (χ0) is 23.8. The van der Waals surface area contributed by atoms with E-state index in [4.69, 9.17) is 5.73 Å². The molecule has 0 fully saturated rings. The predicted molar refractivity (Wildman–Crippen MR) is 139 cm³/mol. The monoisotopic (exact) mass is 440 g/mol. The lowest BCUT2D eigenvalue weighted by atomic mass is 9.98. The van der Waals surface area contributed by atoms with E-state index in [9.17, 15) is 4.79 Å². The Morgan fingerprint density at radius 2 is 1.64 bits per heavy atom. The number of carbonyl (C=O) groups excluding carboxylic acids is 1. The molecule has 4 aromatic rings. The summed E-state index contributed by atoms with van der Waals surface area (Å²) in [5.41, 5.74) is 10.6. The number of anilines is 1. The predicted octanol–water partition coefficient (Wildman–Crippen LogP) is 5.47. The normalized spacial score (nSPS) is 10.6. The molecule has 0 aliphatic rings. The number of rotatable bonds is 6. The number of hydrogen-bond acceptors (Lipinski definition) is 4. The van der Waals surface area contributed by atoms with E-state index in [1.165, 1.54) is 5.39 Å². The summed E-state index contributed by atoms with van der Waals surface area (Å²) in [5, 5.41) is 5.29. The SMILES string of the molecule is CC.CN(C)CCNC(=O)c1cccc(-c2cnc(N)c(-c3ccc4ccccc4c3)c2)c1. The van der Waals surface area contributed by atoms with Gasteiger partial charge in [0.2, 0.25) is 0 Å². The first kappa shape index (κ1) is 24.0. The lowest BCUT2D eigenvalue weighted by Crippen LogP contribution is -2.31. The zero-order valence-corrected chi connectivity index (χ0v) is 19.8. The third-order valence-corrected chi connectivity index (χ3v) is 5.28. The van der Waals surface area contributed by atoms with Crippen LogP contribution >= 0.6 is 0 Å². The van der Waals surface area contributed by atoms with Gasteiger partial charge < -0.3 is 16.0 Å². The molecule has 0 aliphatic carbocycles. The molecule has 1 aromatic heterocycles. The first-order chi connectivity index (χ1) is 16.0. The Morgan fingerprint density at radius 1 is 0.879 bits per heavy atom. The van der Waals surface area contributed by atoms with Gasteiger partial charge in [-0.1, -0.05) is 62.4 Å². The number of carbonyl (C=O) groups is 1. The van der Waals surface area contributed by atoms with E-state index in [2.05, 4.69) is 40.6 Å². The summed E-state index contributed by atoms with van der Waals surface area (Å²) in [6, 6.07) is 24.1. The molecule has 0 atom stereocenters. The van der Waals surface area contributed by atoms with Crippen LogP contribution in [0, 0.1) is 0 Å². The summed E-state index contributed by atoms with van der Waals surface area (Å²) < 4.78 is 0. The molecule has 1 amide bonds. The maximum Gasteiger partial charge on any atom is 0.251 e. The first-order valence-corrected chi connectivity index (χ1v) is 11.3. The number of amides is 1. The summed E-state index contributed by atoms with van der Waals surface area (Å²) in [4.78, 5) is 19.0. The van der Waals surface area contributed by atoms with Gasteiger partial charge in [-0.05, 0) is 60.3 Å². The summed E-state index contributed by atoms with van der Waals surface area (Å²) in [6.45, 7) is 5.40. The van der Waals surface area contributed by atoms with E-state index in [1.807, 2.05) is 75.3 Å². The Labute approximate surface area is 196 Å². The van der Waals surface area contributed by atoms with Crippen LogP contribution in [0.4, 0.5) is 5.82 Å². The van der Waals surface area contributed by atoms with Gasteiger partial charge in [0.15, 0.2) is 0 Å². The van der Waals surface area contributed by atoms with Gasteiger partial charge in [0.25, 0.3) is 5.91 Å². The number of hydrogen-bond donors (Lipinski definition) is 2. The Hall–Kier alpha value is -3.70. The van der Waals surface area contributed by atoms with Crippen LogP contribution < -0.4 is 11.1 Å². The molecule has 0 spiro atoms. The van der Waals surface area contributed by atoms with Gasteiger partial charge in [-0.15, -0.1) is 0 Å². The van der Waals surface area contributed by atoms with Crippen molar-refractivity contribution in [3.63, 3.8) is 0 Å². The average Bonchev–Trinajstić information content (AvgIpc) is 2.85. The molecule has 3 aromatic carbocycles. The Morgan fingerprint density at radius 3 is 2.39 bits per heavy atom. The summed E-state index contributed by atoms with van der Waals surface area (Å²) >= 11 is 0. The molecule has 0 radical (unpaired) electrons. The van der Waals surface area contributed by atoms with Crippen molar-refractivity contribution in [1.82, 2.24) is 15.2 Å². The molecule has 0 saturated heterocycles. The van der Waals surface area contributed by atoms with E-state index >= 15 is 0 Å². The second-order valence-electron chi connectivity index (χ2n) is 7.86. The van der Waals surface area contributed by atoms with Crippen molar-refractivity contribution in [1.29, 1.82) is 0 Å². The summed E-state index contributed by atoms with van der Waals surface area (Å²) in [7, 11) is 3.96. The highest BCUT2D eigenvalue weighted by Gasteiger charge is 2.11. The average molecular weight is 441 g/mol. The quantitative estimate of drug-likeness (QED) is 0.417. The lowest BCUT2D eigenvalue weighted by molar-refractivity contribution is 0.0951. The molecule has 33 heavy (non-hydrogen) atoms. The molecule has 3 N–H and O–H groups in total. The van der Waals surface area contributed by atoms with Crippen molar-refractivity contribution in [3.8, 4) is 22.3 Å². The van der Waals surface area contributed by atoms with Crippen molar-refractivity contribution >= 4 is 22.5 Å². The van der Waals surface area contributed by atoms with E-state index in [0.717, 1.165) is 34.2 Å². The van der Waals surface area contributed by atoms with Gasteiger partial charge in [-0.25, -0.2) is 4.98 Å². The van der Waals surface area contributed by atoms with Crippen molar-refractivity contribution in [2.24, 2.45) is 0 Å². The molecule has 4 rings (SSSR count). The Bertz CT molecular complexity index is 1230. The number of nitrogen functional groups attached to an aromatic ring is 1. The maximum absolute atomic E-state index is 12.5. The molecule has 5 heteroatoms. The maximum atomic E-state index is 12.5. The summed E-state index contributed by atoms with van der Waals surface area (Å²) in [6.07, 6.45) is 1.75. The van der Waals surface area contributed by atoms with Crippen molar-refractivity contribution in [2.45, 2.75) is 13.8 Å². The molecule has 5 nitrogen and oxygen atoms in total. The van der Waals surface area contributed by atoms with Crippen LogP contribution in [0.1, 0.15) is 24.2 Å².